The normalized spacial score (nSPS) is 22.0. The molecule has 1 aliphatic rings. The number of carbonyl (C=O) groups is 2. The van der Waals surface area contributed by atoms with Crippen LogP contribution in [0.1, 0.15) is 37.0 Å². The number of anilines is 1. The molecular formula is C15H19FN2O3. The summed E-state index contributed by atoms with van der Waals surface area (Å²) >= 11 is 0. The van der Waals surface area contributed by atoms with Gasteiger partial charge in [0.15, 0.2) is 0 Å². The summed E-state index contributed by atoms with van der Waals surface area (Å²) in [6.45, 7) is 4.58. The minimum atomic E-state index is -1.27. The predicted molar refractivity (Wildman–Crippen MR) is 76.9 cm³/mol. The number of halogens is 1. The lowest BCUT2D eigenvalue weighted by Crippen LogP contribution is -2.47. The zero-order chi connectivity index (χ0) is 15.6. The van der Waals surface area contributed by atoms with Gasteiger partial charge in [0, 0.05) is 12.6 Å². The van der Waals surface area contributed by atoms with E-state index in [2.05, 4.69) is 12.2 Å². The Bertz CT molecular complexity index is 562. The van der Waals surface area contributed by atoms with Crippen molar-refractivity contribution in [1.29, 1.82) is 0 Å². The van der Waals surface area contributed by atoms with Gasteiger partial charge in [-0.3, -0.25) is 0 Å². The molecule has 2 rings (SSSR count). The van der Waals surface area contributed by atoms with Gasteiger partial charge in [0.05, 0.1) is 11.3 Å². The quantitative estimate of drug-likeness (QED) is 0.880. The zero-order valence-corrected chi connectivity index (χ0v) is 12.1. The number of hydrogen-bond acceptors (Lipinski definition) is 2. The average molecular weight is 294 g/mol. The molecule has 21 heavy (non-hydrogen) atoms. The smallest absolute Gasteiger partial charge is 0.337 e. The molecule has 2 unspecified atom stereocenters. The van der Waals surface area contributed by atoms with Gasteiger partial charge in [0.25, 0.3) is 0 Å². The van der Waals surface area contributed by atoms with Crippen molar-refractivity contribution in [3.05, 3.63) is 29.6 Å². The van der Waals surface area contributed by atoms with Gasteiger partial charge in [-0.15, -0.1) is 0 Å². The van der Waals surface area contributed by atoms with E-state index in [0.29, 0.717) is 12.5 Å². The summed E-state index contributed by atoms with van der Waals surface area (Å²) < 4.78 is 13.8. The van der Waals surface area contributed by atoms with Gasteiger partial charge in [-0.25, -0.2) is 14.0 Å². The van der Waals surface area contributed by atoms with Crippen LogP contribution in [0.3, 0.4) is 0 Å². The van der Waals surface area contributed by atoms with Crippen molar-refractivity contribution in [3.63, 3.8) is 0 Å². The van der Waals surface area contributed by atoms with E-state index in [1.807, 2.05) is 6.92 Å². The second-order valence-electron chi connectivity index (χ2n) is 5.58. The Morgan fingerprint density at radius 3 is 2.71 bits per heavy atom. The molecule has 0 aliphatic carbocycles. The fourth-order valence-corrected chi connectivity index (χ4v) is 2.58. The van der Waals surface area contributed by atoms with Crippen molar-refractivity contribution in [2.45, 2.75) is 32.7 Å². The lowest BCUT2D eigenvalue weighted by Gasteiger charge is -2.36. The highest BCUT2D eigenvalue weighted by Gasteiger charge is 2.28. The standard InChI is InChI=1S/C15H19FN2O3/c1-9-6-7-10(2)18(8-9)15(21)17-13-11(14(19)20)4-3-5-12(13)16/h3-5,9-10H,6-8H2,1-2H3,(H,17,21)(H,19,20). The number of nitrogens with zero attached hydrogens (tertiary/aromatic N) is 1. The maximum absolute atomic E-state index is 13.8. The Hall–Kier alpha value is -2.11. The number of hydrogen-bond donors (Lipinski definition) is 2. The second kappa shape index (κ2) is 6.11. The number of carboxylic acids is 1. The lowest BCUT2D eigenvalue weighted by molar-refractivity contribution is 0.0697. The van der Waals surface area contributed by atoms with Crippen LogP contribution in [0.15, 0.2) is 18.2 Å². The number of para-hydroxylation sites is 1. The molecule has 1 aliphatic heterocycles. The molecule has 6 heteroatoms. The predicted octanol–water partition coefficient (Wildman–Crippen LogP) is 3.18. The minimum absolute atomic E-state index is 0.0567. The van der Waals surface area contributed by atoms with Crippen LogP contribution >= 0.6 is 0 Å². The van der Waals surface area contributed by atoms with E-state index < -0.39 is 17.8 Å². The van der Waals surface area contributed by atoms with Crippen molar-refractivity contribution in [1.82, 2.24) is 4.90 Å². The molecule has 0 aromatic heterocycles. The van der Waals surface area contributed by atoms with Crippen molar-refractivity contribution < 1.29 is 19.1 Å². The number of amides is 2. The summed E-state index contributed by atoms with van der Waals surface area (Å²) in [5, 5.41) is 11.5. The Balaban J connectivity index is 2.21. The summed E-state index contributed by atoms with van der Waals surface area (Å²) in [4.78, 5) is 25.1. The van der Waals surface area contributed by atoms with E-state index in [-0.39, 0.29) is 17.3 Å². The van der Waals surface area contributed by atoms with Crippen LogP contribution in [0.4, 0.5) is 14.9 Å². The summed E-state index contributed by atoms with van der Waals surface area (Å²) in [5.74, 6) is -1.64. The van der Waals surface area contributed by atoms with Crippen LogP contribution < -0.4 is 5.32 Å². The number of carbonyl (C=O) groups excluding carboxylic acids is 1. The van der Waals surface area contributed by atoms with Gasteiger partial charge in [-0.1, -0.05) is 13.0 Å². The van der Waals surface area contributed by atoms with Gasteiger partial charge in [-0.2, -0.15) is 0 Å². The number of carboxylic acid groups (broad SMARTS) is 1. The maximum Gasteiger partial charge on any atom is 0.337 e. The van der Waals surface area contributed by atoms with E-state index in [9.17, 15) is 14.0 Å². The summed E-state index contributed by atoms with van der Waals surface area (Å²) in [6, 6.07) is 3.30. The molecule has 2 atom stereocenters. The molecule has 1 fully saturated rings. The molecule has 0 bridgehead atoms. The SMILES string of the molecule is CC1CCC(C)N(C(=O)Nc2c(F)cccc2C(=O)O)C1. The summed E-state index contributed by atoms with van der Waals surface area (Å²) in [5.41, 5.74) is -0.526. The highest BCUT2D eigenvalue weighted by atomic mass is 19.1. The van der Waals surface area contributed by atoms with Crippen molar-refractivity contribution in [3.8, 4) is 0 Å². The van der Waals surface area contributed by atoms with Crippen LogP contribution in [-0.4, -0.2) is 34.6 Å². The first-order valence-electron chi connectivity index (χ1n) is 6.99. The number of rotatable bonds is 2. The van der Waals surface area contributed by atoms with E-state index >= 15 is 0 Å². The number of nitrogens with one attached hydrogen (secondary N) is 1. The molecule has 0 radical (unpaired) electrons. The second-order valence-corrected chi connectivity index (χ2v) is 5.58. The van der Waals surface area contributed by atoms with Crippen molar-refractivity contribution in [2.24, 2.45) is 5.92 Å². The lowest BCUT2D eigenvalue weighted by atomic mass is 9.95. The fourth-order valence-electron chi connectivity index (χ4n) is 2.58. The third-order valence-electron chi connectivity index (χ3n) is 3.85. The summed E-state index contributed by atoms with van der Waals surface area (Å²) in [7, 11) is 0. The molecule has 0 spiro atoms. The average Bonchev–Trinajstić information content (AvgIpc) is 2.43. The first kappa shape index (κ1) is 15.3. The molecular weight excluding hydrogens is 275 g/mol. The molecule has 2 N–H and O–H groups in total. The first-order valence-corrected chi connectivity index (χ1v) is 6.99. The van der Waals surface area contributed by atoms with Crippen LogP contribution in [-0.2, 0) is 0 Å². The van der Waals surface area contributed by atoms with Gasteiger partial charge in [0.2, 0.25) is 0 Å². The Labute approximate surface area is 122 Å². The topological polar surface area (TPSA) is 69.6 Å². The molecule has 1 heterocycles. The molecule has 114 valence electrons. The zero-order valence-electron chi connectivity index (χ0n) is 12.1. The van der Waals surface area contributed by atoms with Crippen molar-refractivity contribution in [2.75, 3.05) is 11.9 Å². The number of likely N-dealkylation sites (tertiary alicyclic amines) is 1. The van der Waals surface area contributed by atoms with Crippen LogP contribution in [0, 0.1) is 11.7 Å². The molecule has 1 aromatic rings. The van der Waals surface area contributed by atoms with Crippen LogP contribution in [0.2, 0.25) is 0 Å². The Morgan fingerprint density at radius 2 is 2.05 bits per heavy atom. The number of urea groups is 1. The van der Waals surface area contributed by atoms with E-state index in [1.54, 1.807) is 4.90 Å². The van der Waals surface area contributed by atoms with Gasteiger partial charge in [0.1, 0.15) is 5.82 Å². The number of aromatic carboxylic acids is 1. The van der Waals surface area contributed by atoms with E-state index in [0.717, 1.165) is 18.9 Å². The van der Waals surface area contributed by atoms with Gasteiger partial charge in [-0.05, 0) is 37.8 Å². The van der Waals surface area contributed by atoms with E-state index in [1.165, 1.54) is 12.1 Å². The fraction of sp³-hybridized carbons (Fsp3) is 0.467. The van der Waals surface area contributed by atoms with Gasteiger partial charge < -0.3 is 15.3 Å². The molecule has 0 saturated carbocycles. The number of benzene rings is 1. The Morgan fingerprint density at radius 1 is 1.33 bits per heavy atom. The highest BCUT2D eigenvalue weighted by Crippen LogP contribution is 2.24. The van der Waals surface area contributed by atoms with Crippen molar-refractivity contribution >= 4 is 17.7 Å². The molecule has 1 aromatic carbocycles. The third kappa shape index (κ3) is 3.32. The number of piperidine rings is 1. The van der Waals surface area contributed by atoms with Gasteiger partial charge >= 0.3 is 12.0 Å². The Kier molecular flexibility index (Phi) is 4.45. The highest BCUT2D eigenvalue weighted by molar-refractivity contribution is 6.00. The first-order chi connectivity index (χ1) is 9.90. The van der Waals surface area contributed by atoms with Crippen LogP contribution in [0.5, 0.6) is 0 Å². The third-order valence-corrected chi connectivity index (χ3v) is 3.85. The minimum Gasteiger partial charge on any atom is -0.478 e. The largest absolute Gasteiger partial charge is 0.478 e. The summed E-state index contributed by atoms with van der Waals surface area (Å²) in [6.07, 6.45) is 1.93. The maximum atomic E-state index is 13.8. The monoisotopic (exact) mass is 294 g/mol. The van der Waals surface area contributed by atoms with Crippen LogP contribution in [0.25, 0.3) is 0 Å². The molecule has 2 amide bonds. The molecule has 1 saturated heterocycles. The van der Waals surface area contributed by atoms with E-state index in [4.69, 9.17) is 5.11 Å². The molecule has 5 nitrogen and oxygen atoms in total.